The molecule has 0 aliphatic carbocycles. The van der Waals surface area contributed by atoms with Crippen LogP contribution in [0.25, 0.3) is 0 Å². The summed E-state index contributed by atoms with van der Waals surface area (Å²) < 4.78 is 0. The average molecular weight is 232 g/mol. The van der Waals surface area contributed by atoms with E-state index in [0.29, 0.717) is 6.04 Å². The van der Waals surface area contributed by atoms with E-state index in [9.17, 15) is 0 Å². The third-order valence-electron chi connectivity index (χ3n) is 3.57. The van der Waals surface area contributed by atoms with Gasteiger partial charge in [0.2, 0.25) is 0 Å². The summed E-state index contributed by atoms with van der Waals surface area (Å²) in [4.78, 5) is 3.49. The van der Waals surface area contributed by atoms with E-state index in [2.05, 4.69) is 34.5 Å². The molecule has 2 heterocycles. The minimum Gasteiger partial charge on any atom is -0.357 e. The lowest BCUT2D eigenvalue weighted by Gasteiger charge is -2.37. The van der Waals surface area contributed by atoms with Crippen LogP contribution in [-0.2, 0) is 6.42 Å². The number of fused-ring (bicyclic) bond motifs is 3. The van der Waals surface area contributed by atoms with Gasteiger partial charge < -0.3 is 10.2 Å². The first-order valence-electron chi connectivity index (χ1n) is 5.94. The summed E-state index contributed by atoms with van der Waals surface area (Å²) in [6, 6.07) is 9.26. The first kappa shape index (κ1) is 10.2. The summed E-state index contributed by atoms with van der Waals surface area (Å²) in [6.45, 7) is 3.00. The predicted octanol–water partition coefficient (Wildman–Crippen LogP) is 1.91. The van der Waals surface area contributed by atoms with Crippen LogP contribution < -0.4 is 5.32 Å². The molecule has 1 fully saturated rings. The van der Waals surface area contributed by atoms with Crippen molar-refractivity contribution in [3.05, 3.63) is 35.4 Å². The number of nitrogens with one attached hydrogen (secondary N) is 1. The molecule has 1 atom stereocenters. The maximum atomic E-state index is 5.46. The quantitative estimate of drug-likeness (QED) is 0.688. The maximum Gasteiger partial charge on any atom is 0.0925 e. The largest absolute Gasteiger partial charge is 0.357 e. The molecule has 0 aromatic heterocycles. The van der Waals surface area contributed by atoms with Gasteiger partial charge in [-0.25, -0.2) is 0 Å². The van der Waals surface area contributed by atoms with Gasteiger partial charge in [-0.1, -0.05) is 36.5 Å². The lowest BCUT2D eigenvalue weighted by Crippen LogP contribution is -2.49. The van der Waals surface area contributed by atoms with Crippen molar-refractivity contribution >= 4 is 17.2 Å². The van der Waals surface area contributed by atoms with Gasteiger partial charge in [-0.15, -0.1) is 0 Å². The van der Waals surface area contributed by atoms with Gasteiger partial charge in [0.15, 0.2) is 0 Å². The molecule has 3 rings (SSSR count). The third kappa shape index (κ3) is 1.64. The van der Waals surface area contributed by atoms with Crippen LogP contribution >= 0.6 is 12.2 Å². The molecule has 1 unspecified atom stereocenters. The fraction of sp³-hybridized carbons (Fsp3) is 0.462. The Balaban J connectivity index is 2.03. The van der Waals surface area contributed by atoms with Crippen LogP contribution in [0, 0.1) is 0 Å². The summed E-state index contributed by atoms with van der Waals surface area (Å²) in [5.74, 6) is 0. The van der Waals surface area contributed by atoms with Gasteiger partial charge in [-0.3, -0.25) is 0 Å². The van der Waals surface area contributed by atoms with Gasteiger partial charge in [-0.2, -0.15) is 0 Å². The van der Waals surface area contributed by atoms with E-state index in [-0.39, 0.29) is 0 Å². The second-order valence-corrected chi connectivity index (χ2v) is 5.01. The van der Waals surface area contributed by atoms with Gasteiger partial charge in [0, 0.05) is 19.6 Å². The van der Waals surface area contributed by atoms with Crippen LogP contribution in [0.3, 0.4) is 0 Å². The minimum atomic E-state index is 0.458. The Labute approximate surface area is 102 Å². The molecule has 16 heavy (non-hydrogen) atoms. The molecule has 1 aromatic rings. The molecule has 0 spiro atoms. The zero-order valence-electron chi connectivity index (χ0n) is 9.28. The Morgan fingerprint density at radius 3 is 3.12 bits per heavy atom. The first-order chi connectivity index (χ1) is 7.86. The Bertz CT molecular complexity index is 416. The molecular weight excluding hydrogens is 216 g/mol. The highest BCUT2D eigenvalue weighted by molar-refractivity contribution is 7.80. The van der Waals surface area contributed by atoms with Crippen LogP contribution in [0.1, 0.15) is 23.6 Å². The van der Waals surface area contributed by atoms with Crippen molar-refractivity contribution in [3.8, 4) is 0 Å². The Morgan fingerprint density at radius 2 is 2.19 bits per heavy atom. The topological polar surface area (TPSA) is 15.3 Å². The lowest BCUT2D eigenvalue weighted by atomic mass is 9.97. The highest BCUT2D eigenvalue weighted by Gasteiger charge is 2.29. The van der Waals surface area contributed by atoms with Gasteiger partial charge in [0.1, 0.15) is 0 Å². The molecule has 0 saturated carbocycles. The average Bonchev–Trinajstić information content (AvgIpc) is 2.50. The second-order valence-electron chi connectivity index (χ2n) is 4.54. The SMILES string of the molecule is S=C1CNCC2c3ccccc3CCCN12. The first-order valence-corrected chi connectivity index (χ1v) is 6.35. The Morgan fingerprint density at radius 1 is 1.31 bits per heavy atom. The van der Waals surface area contributed by atoms with E-state index in [1.54, 1.807) is 0 Å². The van der Waals surface area contributed by atoms with Crippen LogP contribution in [0.15, 0.2) is 24.3 Å². The zero-order valence-corrected chi connectivity index (χ0v) is 10.1. The third-order valence-corrected chi connectivity index (χ3v) is 3.95. The molecule has 0 bridgehead atoms. The predicted molar refractivity (Wildman–Crippen MR) is 69.7 cm³/mol. The molecule has 2 aliphatic rings. The van der Waals surface area contributed by atoms with E-state index in [4.69, 9.17) is 12.2 Å². The molecule has 0 amide bonds. The van der Waals surface area contributed by atoms with Crippen molar-refractivity contribution in [3.63, 3.8) is 0 Å². The van der Waals surface area contributed by atoms with E-state index < -0.39 is 0 Å². The van der Waals surface area contributed by atoms with E-state index >= 15 is 0 Å². The molecule has 1 N–H and O–H groups in total. The summed E-state index contributed by atoms with van der Waals surface area (Å²) in [6.07, 6.45) is 2.40. The molecule has 1 saturated heterocycles. The Kier molecular flexibility index (Phi) is 2.65. The number of thiocarbonyl (C=S) groups is 1. The smallest absolute Gasteiger partial charge is 0.0925 e. The number of nitrogens with zero attached hydrogens (tertiary/aromatic N) is 1. The maximum absolute atomic E-state index is 5.46. The van der Waals surface area contributed by atoms with Crippen LogP contribution in [0.5, 0.6) is 0 Å². The number of hydrogen-bond acceptors (Lipinski definition) is 2. The highest BCUT2D eigenvalue weighted by atomic mass is 32.1. The van der Waals surface area contributed by atoms with Crippen molar-refractivity contribution in [2.45, 2.75) is 18.9 Å². The number of piperazine rings is 1. The van der Waals surface area contributed by atoms with Gasteiger partial charge in [-0.05, 0) is 24.0 Å². The van der Waals surface area contributed by atoms with E-state index in [1.165, 1.54) is 24.0 Å². The van der Waals surface area contributed by atoms with Crippen molar-refractivity contribution in [2.75, 3.05) is 19.6 Å². The van der Waals surface area contributed by atoms with Crippen LogP contribution in [0.4, 0.5) is 0 Å². The van der Waals surface area contributed by atoms with E-state index in [0.717, 1.165) is 24.6 Å². The van der Waals surface area contributed by atoms with Crippen LogP contribution in [0.2, 0.25) is 0 Å². The number of benzene rings is 1. The van der Waals surface area contributed by atoms with Gasteiger partial charge >= 0.3 is 0 Å². The van der Waals surface area contributed by atoms with Crippen molar-refractivity contribution in [1.29, 1.82) is 0 Å². The minimum absolute atomic E-state index is 0.458. The molecule has 2 aliphatic heterocycles. The fourth-order valence-corrected chi connectivity index (χ4v) is 3.11. The summed E-state index contributed by atoms with van der Waals surface area (Å²) >= 11 is 5.46. The number of rotatable bonds is 0. The summed E-state index contributed by atoms with van der Waals surface area (Å²) in [7, 11) is 0. The van der Waals surface area contributed by atoms with Gasteiger partial charge in [0.05, 0.1) is 11.0 Å². The number of aryl methyl sites for hydroxylation is 1. The van der Waals surface area contributed by atoms with Crippen LogP contribution in [-0.4, -0.2) is 29.5 Å². The zero-order chi connectivity index (χ0) is 11.0. The van der Waals surface area contributed by atoms with Gasteiger partial charge in [0.25, 0.3) is 0 Å². The monoisotopic (exact) mass is 232 g/mol. The molecule has 2 nitrogen and oxygen atoms in total. The molecule has 0 radical (unpaired) electrons. The lowest BCUT2D eigenvalue weighted by molar-refractivity contribution is 0.291. The van der Waals surface area contributed by atoms with E-state index in [1.807, 2.05) is 0 Å². The highest BCUT2D eigenvalue weighted by Crippen LogP contribution is 2.30. The molecular formula is C13H16N2S. The second kappa shape index (κ2) is 4.15. The van der Waals surface area contributed by atoms with Crippen molar-refractivity contribution in [2.24, 2.45) is 0 Å². The molecule has 84 valence electrons. The van der Waals surface area contributed by atoms with Crippen molar-refractivity contribution < 1.29 is 0 Å². The summed E-state index contributed by atoms with van der Waals surface area (Å²) in [5, 5.41) is 3.42. The fourth-order valence-electron chi connectivity index (χ4n) is 2.79. The molecule has 3 heteroatoms. The summed E-state index contributed by atoms with van der Waals surface area (Å²) in [5.41, 5.74) is 2.97. The normalized spacial score (nSPS) is 24.6. The standard InChI is InChI=1S/C13H16N2S/c16-13-9-14-8-12-11-6-2-1-4-10(11)5-3-7-15(12)13/h1-2,4,6,12,14H,3,5,7-9H2. The van der Waals surface area contributed by atoms with Crippen molar-refractivity contribution in [1.82, 2.24) is 10.2 Å². The number of hydrogen-bond donors (Lipinski definition) is 1. The Hall–Kier alpha value is -0.930. The molecule has 1 aromatic carbocycles.